The predicted molar refractivity (Wildman–Crippen MR) is 104 cm³/mol. The van der Waals surface area contributed by atoms with Gasteiger partial charge in [0.1, 0.15) is 0 Å². The van der Waals surface area contributed by atoms with Crippen LogP contribution in [-0.2, 0) is 17.0 Å². The van der Waals surface area contributed by atoms with Gasteiger partial charge in [0.15, 0.2) is 0 Å². The third kappa shape index (κ3) is 9.66. The first-order valence-corrected chi connectivity index (χ1v) is 11.8. The van der Waals surface area contributed by atoms with E-state index in [-0.39, 0.29) is 0 Å². The summed E-state index contributed by atoms with van der Waals surface area (Å²) in [5.74, 6) is 1.83. The third-order valence-corrected chi connectivity index (χ3v) is 2.79. The molecule has 4 heteroatoms. The van der Waals surface area contributed by atoms with Crippen LogP contribution in [0.4, 0.5) is 0 Å². The molecule has 0 aromatic heterocycles. The zero-order valence-electron chi connectivity index (χ0n) is 14.6. The number of fused-ring (bicyclic) bond motifs is 1. The Balaban J connectivity index is 0.000000501. The summed E-state index contributed by atoms with van der Waals surface area (Å²) in [4.78, 5) is 0. The van der Waals surface area contributed by atoms with E-state index in [0.29, 0.717) is 5.92 Å². The maximum atomic E-state index is 7.00. The molecule has 2 aromatic carbocycles. The van der Waals surface area contributed by atoms with Gasteiger partial charge in [-0.1, -0.05) is 36.4 Å². The van der Waals surface area contributed by atoms with E-state index in [2.05, 4.69) is 87.5 Å². The fourth-order valence-corrected chi connectivity index (χ4v) is 1.97. The van der Waals surface area contributed by atoms with Crippen LogP contribution >= 0.6 is 18.6 Å². The standard InChI is InChI=1S/C15H11.C4H9.CH4O.2ClH.Ti/c1-2-6-12(5-1)15-10-9-13-7-3-4-8-14(13)11-15;1-4(2)3;1-2;;;/h1-10,12H;1-3H3;2H,1H3;2*1H;/q2*-1;;;;+2/p-2. The van der Waals surface area contributed by atoms with Gasteiger partial charge in [-0.05, 0) is 0 Å². The van der Waals surface area contributed by atoms with E-state index in [0.717, 1.165) is 7.11 Å². The van der Waals surface area contributed by atoms with Gasteiger partial charge in [0.2, 0.25) is 0 Å². The summed E-state index contributed by atoms with van der Waals surface area (Å²) in [6.07, 6.45) is 8.57. The first-order chi connectivity index (χ1) is 11.6. The van der Waals surface area contributed by atoms with E-state index >= 15 is 0 Å². The molecular formula is C20H24Cl2OTi-2. The van der Waals surface area contributed by atoms with Gasteiger partial charge in [-0.25, -0.2) is 0 Å². The van der Waals surface area contributed by atoms with Crippen LogP contribution in [0, 0.1) is 12.0 Å². The van der Waals surface area contributed by atoms with Gasteiger partial charge in [-0.15, -0.1) is 46.7 Å². The quantitative estimate of drug-likeness (QED) is 0.431. The molecule has 0 saturated carbocycles. The third-order valence-electron chi connectivity index (χ3n) is 2.79. The molecule has 24 heavy (non-hydrogen) atoms. The Morgan fingerprint density at radius 2 is 1.46 bits per heavy atom. The van der Waals surface area contributed by atoms with Crippen molar-refractivity contribution < 1.29 is 22.1 Å². The molecule has 0 bridgehead atoms. The molecule has 130 valence electrons. The molecule has 0 saturated heterocycles. The molecule has 0 atom stereocenters. The normalized spacial score (nSPS) is 11.8. The van der Waals surface area contributed by atoms with Crippen molar-refractivity contribution in [1.82, 2.24) is 0 Å². The van der Waals surface area contributed by atoms with Crippen LogP contribution in [0.25, 0.3) is 10.8 Å². The van der Waals surface area contributed by atoms with E-state index in [9.17, 15) is 0 Å². The van der Waals surface area contributed by atoms with Crippen molar-refractivity contribution in [2.45, 2.75) is 26.7 Å². The summed E-state index contributed by atoms with van der Waals surface area (Å²) in [7, 11) is 10.8. The minimum absolute atomic E-state index is 0.412. The second-order valence-corrected chi connectivity index (χ2v) is 7.95. The molecule has 0 spiro atoms. The number of halogens is 2. The summed E-state index contributed by atoms with van der Waals surface area (Å²) in [5, 5.41) is 9.45. The molecular weight excluding hydrogens is 375 g/mol. The van der Waals surface area contributed by atoms with Crippen molar-refractivity contribution in [3.8, 4) is 0 Å². The van der Waals surface area contributed by atoms with E-state index in [4.69, 9.17) is 23.7 Å². The number of aliphatic hydroxyl groups is 1. The fourth-order valence-electron chi connectivity index (χ4n) is 1.97. The zero-order chi connectivity index (χ0) is 18.4. The molecule has 0 radical (unpaired) electrons. The van der Waals surface area contributed by atoms with Crippen molar-refractivity contribution >= 4 is 29.4 Å². The van der Waals surface area contributed by atoms with Crippen molar-refractivity contribution in [3.63, 3.8) is 0 Å². The number of benzene rings is 2. The largest absolute Gasteiger partial charge is 0.143 e. The first kappa shape index (κ1) is 23.4. The Bertz CT molecular complexity index is 609. The number of allylic oxidation sites excluding steroid dienone is 4. The van der Waals surface area contributed by atoms with Gasteiger partial charge in [0.05, 0.1) is 0 Å². The summed E-state index contributed by atoms with van der Waals surface area (Å²) >= 11 is -0.556. The fraction of sp³-hybridized carbons (Fsp3) is 0.250. The van der Waals surface area contributed by atoms with Crippen LogP contribution < -0.4 is 0 Å². The summed E-state index contributed by atoms with van der Waals surface area (Å²) in [5.41, 5.74) is 1.25. The van der Waals surface area contributed by atoms with Crippen LogP contribution in [0.5, 0.6) is 0 Å². The van der Waals surface area contributed by atoms with Gasteiger partial charge in [-0.3, -0.25) is 0 Å². The molecule has 0 aliphatic heterocycles. The van der Waals surface area contributed by atoms with E-state index in [1.54, 1.807) is 0 Å². The summed E-state index contributed by atoms with van der Waals surface area (Å²) in [6.45, 7) is 6.25. The molecule has 0 unspecified atom stereocenters. The Kier molecular flexibility index (Phi) is 14.4. The van der Waals surface area contributed by atoms with Crippen LogP contribution in [0.3, 0.4) is 0 Å². The molecule has 0 heterocycles. The topological polar surface area (TPSA) is 20.2 Å². The average Bonchev–Trinajstić information content (AvgIpc) is 3.11. The van der Waals surface area contributed by atoms with Gasteiger partial charge in [0.25, 0.3) is 0 Å². The molecule has 1 N–H and O–H groups in total. The van der Waals surface area contributed by atoms with Gasteiger partial charge >= 0.3 is 35.6 Å². The maximum Gasteiger partial charge on any atom is 0.00333 e. The number of hydrogen-bond acceptors (Lipinski definition) is 1. The number of hydrogen-bond donors (Lipinski definition) is 1. The first-order valence-electron chi connectivity index (χ1n) is 7.52. The number of rotatable bonds is 1. The van der Waals surface area contributed by atoms with Crippen LogP contribution in [0.1, 0.15) is 32.3 Å². The Morgan fingerprint density at radius 1 is 0.958 bits per heavy atom. The number of aliphatic hydroxyl groups excluding tert-OH is 1. The zero-order valence-corrected chi connectivity index (χ0v) is 17.6. The minimum atomic E-state index is -0.556. The average molecular weight is 399 g/mol. The SMILES string of the molecule is CO.C[C-](C)C.[Cl][Ti][Cl].[c-]1c(C2C=CC=C2)ccc2ccccc12. The van der Waals surface area contributed by atoms with E-state index < -0.39 is 17.0 Å². The van der Waals surface area contributed by atoms with Crippen molar-refractivity contribution in [1.29, 1.82) is 0 Å². The van der Waals surface area contributed by atoms with E-state index in [1.165, 1.54) is 22.3 Å². The van der Waals surface area contributed by atoms with Gasteiger partial charge in [0, 0.05) is 13.0 Å². The molecule has 1 aliphatic rings. The van der Waals surface area contributed by atoms with Crippen molar-refractivity contribution in [2.75, 3.05) is 7.11 Å². The second kappa shape index (κ2) is 14.8. The predicted octanol–water partition coefficient (Wildman–Crippen LogP) is 6.46. The van der Waals surface area contributed by atoms with Crippen molar-refractivity contribution in [2.24, 2.45) is 0 Å². The van der Waals surface area contributed by atoms with Gasteiger partial charge in [-0.2, -0.15) is 20.8 Å². The summed E-state index contributed by atoms with van der Waals surface area (Å²) in [6, 6.07) is 16.1. The molecule has 0 amide bonds. The second-order valence-electron chi connectivity index (χ2n) is 5.37. The molecule has 1 aliphatic carbocycles. The van der Waals surface area contributed by atoms with Crippen LogP contribution in [0.2, 0.25) is 0 Å². The van der Waals surface area contributed by atoms with Crippen LogP contribution in [-0.4, -0.2) is 12.2 Å². The molecule has 0 fully saturated rings. The maximum absolute atomic E-state index is 7.00. The van der Waals surface area contributed by atoms with Crippen molar-refractivity contribution in [3.05, 3.63) is 78.3 Å². The molecule has 3 rings (SSSR count). The van der Waals surface area contributed by atoms with E-state index in [1.807, 2.05) is 0 Å². The molecule has 2 aromatic rings. The Morgan fingerprint density at radius 3 is 2.00 bits per heavy atom. The summed E-state index contributed by atoms with van der Waals surface area (Å²) < 4.78 is 0. The Labute approximate surface area is 163 Å². The van der Waals surface area contributed by atoms with Gasteiger partial charge < -0.3 is 11.0 Å². The van der Waals surface area contributed by atoms with Crippen LogP contribution in [0.15, 0.2) is 60.7 Å². The molecule has 1 nitrogen and oxygen atoms in total. The monoisotopic (exact) mass is 398 g/mol. The minimum Gasteiger partial charge on any atom is -0.143 e. The Hall–Kier alpha value is -0.566. The smallest absolute Gasteiger partial charge is 0.00333 e.